The second-order valence-corrected chi connectivity index (χ2v) is 5.01. The van der Waals surface area contributed by atoms with E-state index in [1.165, 1.54) is 13.2 Å². The lowest BCUT2D eigenvalue weighted by Crippen LogP contribution is -2.41. The number of nitrogens with one attached hydrogen (secondary N) is 1. The second kappa shape index (κ2) is 8.23. The number of amides is 1. The Morgan fingerprint density at radius 2 is 2.25 bits per heavy atom. The van der Waals surface area contributed by atoms with Gasteiger partial charge in [0.2, 0.25) is 0 Å². The van der Waals surface area contributed by atoms with Crippen LogP contribution in [0.1, 0.15) is 22.3 Å². The first kappa shape index (κ1) is 16.1. The minimum atomic E-state index is -0.675. The van der Waals surface area contributed by atoms with Crippen LogP contribution >= 0.6 is 11.8 Å². The number of rotatable bonds is 6. The molecule has 0 spiro atoms. The summed E-state index contributed by atoms with van der Waals surface area (Å²) in [5.74, 6) is -0.124. The van der Waals surface area contributed by atoms with E-state index in [-0.39, 0.29) is 0 Å². The Morgan fingerprint density at radius 1 is 1.50 bits per heavy atom. The van der Waals surface area contributed by atoms with E-state index in [0.29, 0.717) is 17.5 Å². The van der Waals surface area contributed by atoms with Crippen molar-refractivity contribution in [2.24, 2.45) is 0 Å². The molecular formula is C14H16N2O3S. The average molecular weight is 292 g/mol. The SMILES string of the molecule is COC(=O)[C@@H](CCSC)NC(=O)c1cccc(C#N)c1. The van der Waals surface area contributed by atoms with Crippen LogP contribution in [-0.4, -0.2) is 37.0 Å². The number of ether oxygens (including phenoxy) is 1. The highest BCUT2D eigenvalue weighted by atomic mass is 32.2. The first-order valence-electron chi connectivity index (χ1n) is 6.00. The fourth-order valence-electron chi connectivity index (χ4n) is 1.60. The van der Waals surface area contributed by atoms with Crippen molar-refractivity contribution in [1.29, 1.82) is 5.26 Å². The number of carbonyl (C=O) groups is 2. The van der Waals surface area contributed by atoms with E-state index in [0.717, 1.165) is 5.75 Å². The number of nitrogens with zero attached hydrogens (tertiary/aromatic N) is 1. The first-order chi connectivity index (χ1) is 9.62. The number of esters is 1. The van der Waals surface area contributed by atoms with Crippen LogP contribution in [-0.2, 0) is 9.53 Å². The molecule has 1 N–H and O–H groups in total. The smallest absolute Gasteiger partial charge is 0.328 e. The summed E-state index contributed by atoms with van der Waals surface area (Å²) in [7, 11) is 1.29. The summed E-state index contributed by atoms with van der Waals surface area (Å²) in [5, 5.41) is 11.4. The number of methoxy groups -OCH3 is 1. The molecular weight excluding hydrogens is 276 g/mol. The number of nitriles is 1. The highest BCUT2D eigenvalue weighted by molar-refractivity contribution is 7.98. The Kier molecular flexibility index (Phi) is 6.60. The summed E-state index contributed by atoms with van der Waals surface area (Å²) in [6.45, 7) is 0. The van der Waals surface area contributed by atoms with Gasteiger partial charge >= 0.3 is 5.97 Å². The molecule has 0 aromatic heterocycles. The average Bonchev–Trinajstić information content (AvgIpc) is 2.50. The summed E-state index contributed by atoms with van der Waals surface area (Å²) in [6, 6.07) is 7.62. The fraction of sp³-hybridized carbons (Fsp3) is 0.357. The third-order valence-corrected chi connectivity index (χ3v) is 3.30. The van der Waals surface area contributed by atoms with Crippen LogP contribution in [0.25, 0.3) is 0 Å². The summed E-state index contributed by atoms with van der Waals surface area (Å²) in [4.78, 5) is 23.7. The fourth-order valence-corrected chi connectivity index (χ4v) is 2.07. The first-order valence-corrected chi connectivity index (χ1v) is 7.39. The molecule has 0 fully saturated rings. The molecule has 1 atom stereocenters. The molecule has 1 aromatic rings. The van der Waals surface area contributed by atoms with Gasteiger partial charge in [-0.05, 0) is 36.6 Å². The van der Waals surface area contributed by atoms with E-state index in [2.05, 4.69) is 10.1 Å². The molecule has 5 nitrogen and oxygen atoms in total. The molecule has 1 rings (SSSR count). The molecule has 0 unspecified atom stereocenters. The molecule has 0 radical (unpaired) electrons. The lowest BCUT2D eigenvalue weighted by Gasteiger charge is -2.16. The summed E-state index contributed by atoms with van der Waals surface area (Å²) in [6.07, 6.45) is 2.42. The van der Waals surface area contributed by atoms with E-state index >= 15 is 0 Å². The van der Waals surface area contributed by atoms with Crippen molar-refractivity contribution in [2.75, 3.05) is 19.1 Å². The molecule has 6 heteroatoms. The maximum atomic E-state index is 12.1. The van der Waals surface area contributed by atoms with E-state index in [1.807, 2.05) is 12.3 Å². The van der Waals surface area contributed by atoms with Gasteiger partial charge in [-0.3, -0.25) is 4.79 Å². The third-order valence-electron chi connectivity index (χ3n) is 2.66. The maximum Gasteiger partial charge on any atom is 0.328 e. The Balaban J connectivity index is 2.79. The number of thioether (sulfide) groups is 1. The monoisotopic (exact) mass is 292 g/mol. The quantitative estimate of drug-likeness (QED) is 0.805. The van der Waals surface area contributed by atoms with Crippen molar-refractivity contribution in [1.82, 2.24) is 5.32 Å². The molecule has 106 valence electrons. The largest absolute Gasteiger partial charge is 0.467 e. The topological polar surface area (TPSA) is 79.2 Å². The van der Waals surface area contributed by atoms with E-state index < -0.39 is 17.9 Å². The number of hydrogen-bond donors (Lipinski definition) is 1. The van der Waals surface area contributed by atoms with Crippen LogP contribution in [0.3, 0.4) is 0 Å². The van der Waals surface area contributed by atoms with Crippen LogP contribution in [0.15, 0.2) is 24.3 Å². The zero-order valence-electron chi connectivity index (χ0n) is 11.4. The molecule has 0 aliphatic rings. The Hall–Kier alpha value is -2.00. The standard InChI is InChI=1S/C14H16N2O3S/c1-19-14(18)12(6-7-20-2)16-13(17)11-5-3-4-10(8-11)9-15/h3-5,8,12H,6-7H2,1-2H3,(H,16,17)/t12-/m1/s1. The Bertz CT molecular complexity index is 525. The molecule has 1 aromatic carbocycles. The van der Waals surface area contributed by atoms with E-state index in [9.17, 15) is 9.59 Å². The van der Waals surface area contributed by atoms with Crippen molar-refractivity contribution in [3.8, 4) is 6.07 Å². The van der Waals surface area contributed by atoms with Crippen molar-refractivity contribution in [2.45, 2.75) is 12.5 Å². The summed E-state index contributed by atoms with van der Waals surface area (Å²) >= 11 is 1.58. The lowest BCUT2D eigenvalue weighted by atomic mass is 10.1. The van der Waals surface area contributed by atoms with Gasteiger partial charge in [0, 0.05) is 5.56 Å². The van der Waals surface area contributed by atoms with Gasteiger partial charge in [0.15, 0.2) is 0 Å². The lowest BCUT2D eigenvalue weighted by molar-refractivity contribution is -0.142. The van der Waals surface area contributed by atoms with Gasteiger partial charge in [0.1, 0.15) is 6.04 Å². The van der Waals surface area contributed by atoms with Gasteiger partial charge < -0.3 is 10.1 Å². The van der Waals surface area contributed by atoms with E-state index in [4.69, 9.17) is 5.26 Å². The minimum Gasteiger partial charge on any atom is -0.467 e. The molecule has 0 bridgehead atoms. The van der Waals surface area contributed by atoms with Gasteiger partial charge in [-0.1, -0.05) is 6.07 Å². The number of hydrogen-bond acceptors (Lipinski definition) is 5. The Morgan fingerprint density at radius 3 is 2.85 bits per heavy atom. The predicted octanol–water partition coefficient (Wildman–Crippen LogP) is 1.58. The third kappa shape index (κ3) is 4.59. The molecule has 0 heterocycles. The highest BCUT2D eigenvalue weighted by Gasteiger charge is 2.21. The zero-order valence-corrected chi connectivity index (χ0v) is 12.2. The van der Waals surface area contributed by atoms with Crippen molar-refractivity contribution >= 4 is 23.6 Å². The molecule has 0 saturated heterocycles. The molecule has 1 amide bonds. The summed E-state index contributed by atoms with van der Waals surface area (Å²) in [5.41, 5.74) is 0.749. The van der Waals surface area contributed by atoms with Gasteiger partial charge in [0.25, 0.3) is 5.91 Å². The highest BCUT2D eigenvalue weighted by Crippen LogP contribution is 2.07. The van der Waals surface area contributed by atoms with Crippen LogP contribution in [0, 0.1) is 11.3 Å². The Labute approximate surface area is 122 Å². The van der Waals surface area contributed by atoms with Crippen LogP contribution < -0.4 is 5.32 Å². The molecule has 0 aliphatic heterocycles. The number of carbonyl (C=O) groups excluding carboxylic acids is 2. The van der Waals surface area contributed by atoms with Crippen LogP contribution in [0.2, 0.25) is 0 Å². The number of benzene rings is 1. The predicted molar refractivity (Wildman–Crippen MR) is 77.4 cm³/mol. The molecule has 0 aliphatic carbocycles. The molecule has 20 heavy (non-hydrogen) atoms. The maximum absolute atomic E-state index is 12.1. The van der Waals surface area contributed by atoms with Crippen molar-refractivity contribution < 1.29 is 14.3 Å². The van der Waals surface area contributed by atoms with Crippen LogP contribution in [0.4, 0.5) is 0 Å². The van der Waals surface area contributed by atoms with Gasteiger partial charge in [0.05, 0.1) is 18.7 Å². The normalized spacial score (nSPS) is 11.2. The minimum absolute atomic E-state index is 0.349. The second-order valence-electron chi connectivity index (χ2n) is 4.02. The molecule has 0 saturated carbocycles. The van der Waals surface area contributed by atoms with E-state index in [1.54, 1.807) is 30.0 Å². The van der Waals surface area contributed by atoms with Crippen LogP contribution in [0.5, 0.6) is 0 Å². The van der Waals surface area contributed by atoms with Gasteiger partial charge in [-0.25, -0.2) is 4.79 Å². The van der Waals surface area contributed by atoms with Crippen molar-refractivity contribution in [3.05, 3.63) is 35.4 Å². The van der Waals surface area contributed by atoms with Crippen molar-refractivity contribution in [3.63, 3.8) is 0 Å². The van der Waals surface area contributed by atoms with Gasteiger partial charge in [-0.15, -0.1) is 0 Å². The summed E-state index contributed by atoms with van der Waals surface area (Å²) < 4.78 is 4.68. The van der Waals surface area contributed by atoms with Gasteiger partial charge in [-0.2, -0.15) is 17.0 Å². The zero-order chi connectivity index (χ0) is 15.0.